The van der Waals surface area contributed by atoms with Crippen LogP contribution in [0.1, 0.15) is 93.2 Å². The van der Waals surface area contributed by atoms with E-state index in [0.29, 0.717) is 11.8 Å². The van der Waals surface area contributed by atoms with E-state index in [-0.39, 0.29) is 17.0 Å². The zero-order chi connectivity index (χ0) is 37.3. The monoisotopic (exact) mass is 708 g/mol. The number of aryl methyl sites for hydroxylation is 3. The van der Waals surface area contributed by atoms with Crippen LogP contribution in [-0.4, -0.2) is 20.4 Å². The summed E-state index contributed by atoms with van der Waals surface area (Å²) in [7, 11) is 0. The van der Waals surface area contributed by atoms with Crippen molar-refractivity contribution in [3.8, 4) is 11.3 Å². The Kier molecular flexibility index (Phi) is 7.15. The largest absolute Gasteiger partial charge is 0.318 e. The van der Waals surface area contributed by atoms with Gasteiger partial charge >= 0.3 is 0 Å². The van der Waals surface area contributed by atoms with Crippen LogP contribution in [0.25, 0.3) is 44.2 Å². The standard InChI is InChI=1S/C49H50N5/c1-9-48(8)49(10-2,25-37-34-17-11-12-20-40(34)53-42(37)24-32(6)33(7)38-26-50-28-51-46(38)53)39-19-14-18-35-36-23-29(3)21-22-41(36)54-43(27-52(48)47(54)45(35)39)44-30(4)15-13-16-31(44)5/h11-23,25-28,32-33,42H,9-10,24H2,1-8H3/q+1. The fraction of sp³-hybridized carbons (Fsp3) is 0.327. The Hall–Kier alpha value is -5.29. The number of imidazole rings is 1. The van der Waals surface area contributed by atoms with Crippen LogP contribution >= 0.6 is 0 Å². The third-order valence-electron chi connectivity index (χ3n) is 14.3. The van der Waals surface area contributed by atoms with Crippen LogP contribution in [-0.2, 0) is 11.0 Å². The van der Waals surface area contributed by atoms with E-state index in [0.717, 1.165) is 25.1 Å². The second-order valence-electron chi connectivity index (χ2n) is 16.8. The first kappa shape index (κ1) is 33.3. The number of para-hydroxylation sites is 1. The van der Waals surface area contributed by atoms with Gasteiger partial charge < -0.3 is 4.90 Å². The molecular weight excluding hydrogens is 659 g/mol. The van der Waals surface area contributed by atoms with Gasteiger partial charge in [-0.2, -0.15) is 4.40 Å². The number of fused-ring (bicyclic) bond motifs is 8. The maximum absolute atomic E-state index is 5.02. The third kappa shape index (κ3) is 4.13. The zero-order valence-corrected chi connectivity index (χ0v) is 32.9. The minimum atomic E-state index is -0.315. The number of benzene rings is 4. The quantitative estimate of drug-likeness (QED) is 0.135. The lowest BCUT2D eigenvalue weighted by Gasteiger charge is -2.48. The lowest BCUT2D eigenvalue weighted by Crippen LogP contribution is -2.66. The molecule has 7 aromatic rings. The average Bonchev–Trinajstić information content (AvgIpc) is 3.69. The highest BCUT2D eigenvalue weighted by atomic mass is 15.3. The van der Waals surface area contributed by atoms with Gasteiger partial charge in [-0.3, -0.25) is 0 Å². The van der Waals surface area contributed by atoms with E-state index >= 15 is 0 Å². The molecule has 0 radical (unpaired) electrons. The van der Waals surface area contributed by atoms with Gasteiger partial charge in [-0.15, -0.1) is 0 Å². The Morgan fingerprint density at radius 2 is 1.67 bits per heavy atom. The van der Waals surface area contributed by atoms with Crippen molar-refractivity contribution in [1.29, 1.82) is 0 Å². The lowest BCUT2D eigenvalue weighted by molar-refractivity contribution is -0.748. The lowest BCUT2D eigenvalue weighted by atomic mass is 9.59. The van der Waals surface area contributed by atoms with Gasteiger partial charge in [0.25, 0.3) is 5.65 Å². The fourth-order valence-corrected chi connectivity index (χ4v) is 11.1. The van der Waals surface area contributed by atoms with E-state index in [1.54, 1.807) is 6.33 Å². The molecule has 10 rings (SSSR count). The van der Waals surface area contributed by atoms with Gasteiger partial charge in [-0.1, -0.05) is 100.0 Å². The second kappa shape index (κ2) is 11.6. The van der Waals surface area contributed by atoms with Crippen LogP contribution < -0.4 is 9.47 Å². The zero-order valence-electron chi connectivity index (χ0n) is 32.9. The summed E-state index contributed by atoms with van der Waals surface area (Å²) in [5.74, 6) is 1.89. The van der Waals surface area contributed by atoms with Crippen molar-refractivity contribution in [2.75, 3.05) is 4.90 Å². The van der Waals surface area contributed by atoms with Gasteiger partial charge in [-0.25, -0.2) is 14.5 Å². The molecule has 5 atom stereocenters. The van der Waals surface area contributed by atoms with Crippen LogP contribution in [0.3, 0.4) is 0 Å². The number of allylic oxidation sites excluding steroid dienone is 1. The molecule has 270 valence electrons. The Morgan fingerprint density at radius 1 is 0.889 bits per heavy atom. The van der Waals surface area contributed by atoms with Gasteiger partial charge in [0.1, 0.15) is 29.4 Å². The molecule has 3 aliphatic heterocycles. The van der Waals surface area contributed by atoms with E-state index in [1.165, 1.54) is 83.2 Å². The topological polar surface area (TPSA) is 37.3 Å². The van der Waals surface area contributed by atoms with Gasteiger partial charge in [0.05, 0.1) is 22.5 Å². The Morgan fingerprint density at radius 3 is 2.44 bits per heavy atom. The Balaban J connectivity index is 1.34. The molecule has 0 amide bonds. The van der Waals surface area contributed by atoms with Crippen LogP contribution in [0.15, 0.2) is 104 Å². The van der Waals surface area contributed by atoms with Gasteiger partial charge in [0, 0.05) is 33.7 Å². The SMILES string of the molecule is CCC1(C=C2c3ccccc3N3c4ncncc4C(C)C(C)CC23)c2cccc3c4cc(C)ccc4n4c(-c5c(C)cccc5C)c[n+](c4c23)C1(C)CC. The molecule has 4 aromatic carbocycles. The molecule has 3 aromatic heterocycles. The number of nitrogens with zero attached hydrogens (tertiary/aromatic N) is 5. The summed E-state index contributed by atoms with van der Waals surface area (Å²) in [5, 5.41) is 4.03. The second-order valence-corrected chi connectivity index (χ2v) is 16.8. The highest BCUT2D eigenvalue weighted by Crippen LogP contribution is 2.57. The molecule has 0 bridgehead atoms. The first-order valence-corrected chi connectivity index (χ1v) is 20.0. The molecule has 0 spiro atoms. The number of hydrogen-bond acceptors (Lipinski definition) is 3. The minimum absolute atomic E-state index is 0.171. The molecule has 3 aliphatic rings. The van der Waals surface area contributed by atoms with Gasteiger partial charge in [0.2, 0.25) is 0 Å². The summed E-state index contributed by atoms with van der Waals surface area (Å²) in [6.07, 6.45) is 12.1. The van der Waals surface area contributed by atoms with Crippen molar-refractivity contribution in [3.05, 3.63) is 137 Å². The van der Waals surface area contributed by atoms with Crippen LogP contribution in [0.4, 0.5) is 11.5 Å². The summed E-state index contributed by atoms with van der Waals surface area (Å²) in [5.41, 5.74) is 15.2. The molecule has 0 saturated carbocycles. The van der Waals surface area contributed by atoms with Crippen LogP contribution in [0.5, 0.6) is 0 Å². The summed E-state index contributed by atoms with van der Waals surface area (Å²) < 4.78 is 5.32. The van der Waals surface area contributed by atoms with Gasteiger partial charge in [0.15, 0.2) is 5.69 Å². The summed E-state index contributed by atoms with van der Waals surface area (Å²) >= 11 is 0. The van der Waals surface area contributed by atoms with Crippen molar-refractivity contribution >= 4 is 44.4 Å². The highest BCUT2D eigenvalue weighted by Gasteiger charge is 2.57. The molecule has 54 heavy (non-hydrogen) atoms. The van der Waals surface area contributed by atoms with E-state index in [9.17, 15) is 0 Å². The first-order chi connectivity index (χ1) is 26.1. The average molecular weight is 709 g/mol. The molecule has 0 fully saturated rings. The van der Waals surface area contributed by atoms with Crippen molar-refractivity contribution in [3.63, 3.8) is 0 Å². The van der Waals surface area contributed by atoms with Crippen molar-refractivity contribution < 1.29 is 4.57 Å². The van der Waals surface area contributed by atoms with Crippen molar-refractivity contribution in [2.45, 2.75) is 97.6 Å². The van der Waals surface area contributed by atoms with Crippen molar-refractivity contribution in [2.24, 2.45) is 5.92 Å². The molecule has 5 heteroatoms. The van der Waals surface area contributed by atoms with E-state index in [2.05, 4.69) is 172 Å². The Bertz CT molecular complexity index is 2720. The van der Waals surface area contributed by atoms with E-state index in [1.807, 2.05) is 0 Å². The maximum atomic E-state index is 5.02. The first-order valence-electron chi connectivity index (χ1n) is 20.0. The summed E-state index contributed by atoms with van der Waals surface area (Å²) in [6, 6.07) is 30.2. The van der Waals surface area contributed by atoms with Crippen LogP contribution in [0, 0.1) is 26.7 Å². The van der Waals surface area contributed by atoms with Gasteiger partial charge in [-0.05, 0) is 99.3 Å². The summed E-state index contributed by atoms with van der Waals surface area (Å²) in [6.45, 7) is 18.9. The number of pyridine rings is 1. The normalized spacial score (nSPS) is 25.1. The Labute approximate surface area is 319 Å². The molecule has 5 unspecified atom stereocenters. The maximum Gasteiger partial charge on any atom is 0.296 e. The van der Waals surface area contributed by atoms with Crippen molar-refractivity contribution in [1.82, 2.24) is 14.4 Å². The number of anilines is 2. The number of aromatic nitrogens is 4. The molecular formula is C49H50N5+. The molecule has 0 aliphatic carbocycles. The molecule has 0 saturated heterocycles. The molecule has 0 N–H and O–H groups in total. The fourth-order valence-electron chi connectivity index (χ4n) is 11.1. The number of hydrogen-bond donors (Lipinski definition) is 0. The summed E-state index contributed by atoms with van der Waals surface area (Å²) in [4.78, 5) is 12.1. The van der Waals surface area contributed by atoms with E-state index in [4.69, 9.17) is 4.98 Å². The third-order valence-corrected chi connectivity index (χ3v) is 14.3. The minimum Gasteiger partial charge on any atom is -0.318 e. The van der Waals surface area contributed by atoms with Crippen LogP contribution in [0.2, 0.25) is 0 Å². The van der Waals surface area contributed by atoms with E-state index < -0.39 is 0 Å². The predicted octanol–water partition coefficient (Wildman–Crippen LogP) is 11.4. The number of rotatable bonds is 4. The molecule has 5 nitrogen and oxygen atoms in total. The predicted molar refractivity (Wildman–Crippen MR) is 223 cm³/mol. The smallest absolute Gasteiger partial charge is 0.296 e. The highest BCUT2D eigenvalue weighted by molar-refractivity contribution is 6.14. The molecule has 6 heterocycles.